The molecular formula is C31H56N2O5. The van der Waals surface area contributed by atoms with E-state index in [1.165, 1.54) is 11.3 Å². The van der Waals surface area contributed by atoms with Gasteiger partial charge < -0.3 is 14.7 Å². The number of hydrogen-bond donors (Lipinski definition) is 1. The van der Waals surface area contributed by atoms with Crippen LogP contribution in [0.3, 0.4) is 0 Å². The molecule has 0 bridgehead atoms. The third-order valence-corrected chi connectivity index (χ3v) is 9.01. The van der Waals surface area contributed by atoms with Gasteiger partial charge in [-0.25, -0.2) is 4.79 Å². The lowest BCUT2D eigenvalue weighted by atomic mass is 9.74. The van der Waals surface area contributed by atoms with Gasteiger partial charge >= 0.3 is 12.0 Å². The Morgan fingerprint density at radius 3 is 1.97 bits per heavy atom. The maximum Gasteiger partial charge on any atom is 0.327 e. The van der Waals surface area contributed by atoms with Crippen molar-refractivity contribution in [1.29, 1.82) is 0 Å². The second-order valence-corrected chi connectivity index (χ2v) is 11.2. The van der Waals surface area contributed by atoms with E-state index in [1.54, 1.807) is 4.90 Å². The van der Waals surface area contributed by atoms with Gasteiger partial charge in [-0.2, -0.15) is 0 Å². The van der Waals surface area contributed by atoms with Crippen molar-refractivity contribution in [2.75, 3.05) is 32.8 Å². The Morgan fingerprint density at radius 1 is 0.895 bits per heavy atom. The molecule has 7 heteroatoms. The molecule has 38 heavy (non-hydrogen) atoms. The zero-order chi connectivity index (χ0) is 28.4. The third-order valence-electron chi connectivity index (χ3n) is 9.01. The van der Waals surface area contributed by atoms with Crippen molar-refractivity contribution in [3.63, 3.8) is 0 Å². The summed E-state index contributed by atoms with van der Waals surface area (Å²) in [4.78, 5) is 38.2. The minimum Gasteiger partial charge on any atom is -0.481 e. The molecule has 0 aromatic heterocycles. The fourth-order valence-electron chi connectivity index (χ4n) is 5.82. The zero-order valence-electron chi connectivity index (χ0n) is 24.9. The summed E-state index contributed by atoms with van der Waals surface area (Å²) in [5.41, 5.74) is 0.387. The summed E-state index contributed by atoms with van der Waals surface area (Å²) in [6, 6.07) is -0.129. The Kier molecular flexibility index (Phi) is 16.5. The zero-order valence-corrected chi connectivity index (χ0v) is 24.9. The lowest BCUT2D eigenvalue weighted by molar-refractivity contribution is -0.137. The van der Waals surface area contributed by atoms with Gasteiger partial charge in [0, 0.05) is 32.7 Å². The summed E-state index contributed by atoms with van der Waals surface area (Å²) >= 11 is 0. The van der Waals surface area contributed by atoms with Gasteiger partial charge in [0.25, 0.3) is 0 Å². The molecule has 1 rings (SSSR count). The predicted octanol–water partition coefficient (Wildman–Crippen LogP) is 7.44. The van der Waals surface area contributed by atoms with Crippen LogP contribution in [0.4, 0.5) is 4.79 Å². The minimum atomic E-state index is -0.723. The molecule has 0 radical (unpaired) electrons. The maximum absolute atomic E-state index is 12.3. The molecule has 0 aromatic rings. The summed E-state index contributed by atoms with van der Waals surface area (Å²) in [5, 5.41) is 8.91. The number of likely N-dealkylation sites (N-methyl/N-ethyl adjacent to an activating group) is 1. The summed E-state index contributed by atoms with van der Waals surface area (Å²) in [6.07, 6.45) is 16.8. The molecular weight excluding hydrogens is 480 g/mol. The van der Waals surface area contributed by atoms with E-state index in [9.17, 15) is 14.4 Å². The van der Waals surface area contributed by atoms with Crippen LogP contribution in [0.2, 0.25) is 0 Å². The van der Waals surface area contributed by atoms with Crippen LogP contribution >= 0.6 is 0 Å². The number of rotatable bonds is 24. The number of nitrogens with zero attached hydrogens (tertiary/aromatic N) is 2. The summed E-state index contributed by atoms with van der Waals surface area (Å²) < 4.78 is 5.93. The van der Waals surface area contributed by atoms with Gasteiger partial charge in [-0.3, -0.25) is 14.5 Å². The van der Waals surface area contributed by atoms with Crippen molar-refractivity contribution in [3.8, 4) is 0 Å². The largest absolute Gasteiger partial charge is 0.481 e. The van der Waals surface area contributed by atoms with Crippen molar-refractivity contribution >= 4 is 17.9 Å². The molecule has 0 spiro atoms. The second-order valence-electron chi connectivity index (χ2n) is 11.2. The van der Waals surface area contributed by atoms with Crippen molar-refractivity contribution in [2.45, 2.75) is 124 Å². The Labute approximate surface area is 232 Å². The molecule has 0 aromatic carbocycles. The van der Waals surface area contributed by atoms with Gasteiger partial charge in [-0.15, -0.1) is 6.58 Å². The molecule has 0 saturated carbocycles. The quantitative estimate of drug-likeness (QED) is 0.0787. The van der Waals surface area contributed by atoms with Gasteiger partial charge in [-0.1, -0.05) is 59.0 Å². The molecule has 220 valence electrons. The lowest BCUT2D eigenvalue weighted by Crippen LogP contribution is -2.33. The Morgan fingerprint density at radius 2 is 1.47 bits per heavy atom. The number of carbonyl (C=O) groups is 3. The van der Waals surface area contributed by atoms with Gasteiger partial charge in [0.2, 0.25) is 5.91 Å². The topological polar surface area (TPSA) is 87.2 Å². The highest BCUT2D eigenvalue weighted by atomic mass is 16.5. The summed E-state index contributed by atoms with van der Waals surface area (Å²) in [5.74, 6) is -0.783. The third kappa shape index (κ3) is 11.5. The van der Waals surface area contributed by atoms with Crippen LogP contribution in [-0.4, -0.2) is 65.7 Å². The first-order valence-corrected chi connectivity index (χ1v) is 15.2. The standard InChI is InChI=1S/C31H56N2O5/c1-6-30(7-2,19-11-14-23-33-27(34)26-32(10-5)29(33)37)20-12-15-24-38-25-16-13-21-31(8-3,9-4)22-17-18-28(35)36/h8H,3,6-7,9-26H2,1-2,4-5H3,(H,35,36). The maximum atomic E-state index is 12.3. The first kappa shape index (κ1) is 34.1. The van der Waals surface area contributed by atoms with Crippen LogP contribution in [-0.2, 0) is 14.3 Å². The number of imide groups is 1. The van der Waals surface area contributed by atoms with E-state index in [4.69, 9.17) is 9.84 Å². The van der Waals surface area contributed by atoms with Crippen LogP contribution in [0.1, 0.15) is 124 Å². The Hall–Kier alpha value is -1.89. The first-order valence-electron chi connectivity index (χ1n) is 15.2. The minimum absolute atomic E-state index is 0.0501. The molecule has 1 saturated heterocycles. The lowest BCUT2D eigenvalue weighted by Gasteiger charge is -2.32. The predicted molar refractivity (Wildman–Crippen MR) is 154 cm³/mol. The van der Waals surface area contributed by atoms with Crippen LogP contribution < -0.4 is 0 Å². The molecule has 1 N–H and O–H groups in total. The van der Waals surface area contributed by atoms with Crippen molar-refractivity contribution in [1.82, 2.24) is 9.80 Å². The molecule has 1 heterocycles. The molecule has 3 amide bonds. The summed E-state index contributed by atoms with van der Waals surface area (Å²) in [7, 11) is 0. The fourth-order valence-corrected chi connectivity index (χ4v) is 5.82. The van der Waals surface area contributed by atoms with E-state index in [1.807, 2.05) is 13.0 Å². The van der Waals surface area contributed by atoms with Gasteiger partial charge in [0.1, 0.15) is 6.54 Å². The van der Waals surface area contributed by atoms with E-state index >= 15 is 0 Å². The number of allylic oxidation sites excluding steroid dienone is 1. The summed E-state index contributed by atoms with van der Waals surface area (Å²) in [6.45, 7) is 15.6. The average Bonchev–Trinajstić information content (AvgIpc) is 3.19. The SMILES string of the molecule is C=CC(CC)(CCCCOCCCCC(CC)(CC)CCCCN1C(=O)CN(CC)C1=O)CCCC(=O)O. The number of amides is 3. The normalized spacial score (nSPS) is 15.8. The molecule has 7 nitrogen and oxygen atoms in total. The van der Waals surface area contributed by atoms with Gasteiger partial charge in [-0.05, 0) is 75.5 Å². The van der Waals surface area contributed by atoms with Crippen LogP contribution in [0.5, 0.6) is 0 Å². The van der Waals surface area contributed by atoms with Crippen LogP contribution in [0.15, 0.2) is 12.7 Å². The highest BCUT2D eigenvalue weighted by Crippen LogP contribution is 2.38. The molecule has 0 aliphatic carbocycles. The van der Waals surface area contributed by atoms with Crippen LogP contribution in [0, 0.1) is 10.8 Å². The molecule has 1 unspecified atom stereocenters. The number of ether oxygens (including phenoxy) is 1. The van der Waals surface area contributed by atoms with Crippen molar-refractivity contribution in [3.05, 3.63) is 12.7 Å². The molecule has 1 atom stereocenters. The fraction of sp³-hybridized carbons (Fsp3) is 0.839. The van der Waals surface area contributed by atoms with Crippen molar-refractivity contribution in [2.24, 2.45) is 10.8 Å². The first-order chi connectivity index (χ1) is 18.2. The van der Waals surface area contributed by atoms with E-state index in [2.05, 4.69) is 27.4 Å². The Bertz CT molecular complexity index is 721. The van der Waals surface area contributed by atoms with E-state index in [-0.39, 0.29) is 30.3 Å². The molecule has 1 aliphatic rings. The smallest absolute Gasteiger partial charge is 0.327 e. The number of aliphatic carboxylic acids is 1. The van der Waals surface area contributed by atoms with E-state index < -0.39 is 5.97 Å². The number of unbranched alkanes of at least 4 members (excludes halogenated alkanes) is 3. The number of carboxylic acids is 1. The van der Waals surface area contributed by atoms with Gasteiger partial charge in [0.15, 0.2) is 0 Å². The molecule has 1 fully saturated rings. The average molecular weight is 537 g/mol. The highest BCUT2D eigenvalue weighted by Gasteiger charge is 2.34. The number of hydrogen-bond acceptors (Lipinski definition) is 4. The highest BCUT2D eigenvalue weighted by molar-refractivity contribution is 6.01. The van der Waals surface area contributed by atoms with Gasteiger partial charge in [0.05, 0.1) is 0 Å². The number of urea groups is 1. The molecule has 1 aliphatic heterocycles. The van der Waals surface area contributed by atoms with E-state index in [0.29, 0.717) is 24.9 Å². The monoisotopic (exact) mass is 536 g/mol. The number of carbonyl (C=O) groups excluding carboxylic acids is 2. The van der Waals surface area contributed by atoms with E-state index in [0.717, 1.165) is 90.3 Å². The Balaban J connectivity index is 2.23. The number of carboxylic acid groups (broad SMARTS) is 1. The van der Waals surface area contributed by atoms with Crippen LogP contribution in [0.25, 0.3) is 0 Å². The van der Waals surface area contributed by atoms with Crippen molar-refractivity contribution < 1.29 is 24.2 Å². The second kappa shape index (κ2) is 18.4.